The van der Waals surface area contributed by atoms with Crippen LogP contribution in [0, 0.1) is 10.1 Å². The first-order valence-corrected chi connectivity index (χ1v) is 6.22. The van der Waals surface area contributed by atoms with Gasteiger partial charge in [0.05, 0.1) is 18.1 Å². The van der Waals surface area contributed by atoms with E-state index in [4.69, 9.17) is 4.74 Å². The van der Waals surface area contributed by atoms with Crippen molar-refractivity contribution in [1.82, 2.24) is 15.0 Å². The molecule has 0 saturated heterocycles. The van der Waals surface area contributed by atoms with Crippen LogP contribution >= 0.6 is 31.9 Å². The molecule has 0 aliphatic carbocycles. The molecule has 0 N–H and O–H groups in total. The van der Waals surface area contributed by atoms with E-state index in [-0.39, 0.29) is 11.4 Å². The second kappa shape index (κ2) is 5.02. The maximum Gasteiger partial charge on any atom is 0.300 e. The molecule has 0 fully saturated rings. The fourth-order valence-electron chi connectivity index (χ4n) is 1.32. The third-order valence-electron chi connectivity index (χ3n) is 2.13. The topological polar surface area (TPSA) is 83.1 Å². The number of benzene rings is 1. The summed E-state index contributed by atoms with van der Waals surface area (Å²) in [5, 5.41) is 19.0. The first-order valence-electron chi connectivity index (χ1n) is 4.64. The lowest BCUT2D eigenvalue weighted by Gasteiger charge is -2.03. The molecule has 2 rings (SSSR count). The van der Waals surface area contributed by atoms with Gasteiger partial charge in [-0.25, -0.2) is 0 Å². The van der Waals surface area contributed by atoms with E-state index >= 15 is 0 Å². The van der Waals surface area contributed by atoms with Crippen molar-refractivity contribution in [3.05, 3.63) is 37.5 Å². The zero-order chi connectivity index (χ0) is 13.3. The maximum atomic E-state index is 11.0. The molecule has 0 saturated carbocycles. The lowest BCUT2D eigenvalue weighted by atomic mass is 10.2. The van der Waals surface area contributed by atoms with Crippen molar-refractivity contribution in [2.45, 2.75) is 0 Å². The highest BCUT2D eigenvalue weighted by molar-refractivity contribution is 9.13. The Kier molecular flexibility index (Phi) is 3.62. The summed E-state index contributed by atoms with van der Waals surface area (Å²) in [6, 6.07) is 4.45. The van der Waals surface area contributed by atoms with Crippen LogP contribution in [0.5, 0.6) is 5.75 Å². The molecule has 1 heterocycles. The number of nitro groups is 1. The minimum Gasteiger partial charge on any atom is -0.496 e. The second-order valence-corrected chi connectivity index (χ2v) is 4.69. The zero-order valence-corrected chi connectivity index (χ0v) is 12.2. The van der Waals surface area contributed by atoms with Crippen LogP contribution in [0.25, 0.3) is 5.69 Å². The van der Waals surface area contributed by atoms with Crippen molar-refractivity contribution in [3.8, 4) is 11.4 Å². The van der Waals surface area contributed by atoms with Crippen molar-refractivity contribution in [1.29, 1.82) is 0 Å². The van der Waals surface area contributed by atoms with E-state index in [1.807, 2.05) is 0 Å². The Labute approximate surface area is 118 Å². The molecule has 0 aliphatic rings. The second-order valence-electron chi connectivity index (χ2n) is 3.18. The number of methoxy groups -OCH3 is 1. The molecule has 0 bridgehead atoms. The number of halogens is 2. The van der Waals surface area contributed by atoms with Crippen LogP contribution in [0.2, 0.25) is 0 Å². The minimum atomic E-state index is -0.511. The largest absolute Gasteiger partial charge is 0.496 e. The predicted octanol–water partition coefficient (Wildman–Crippen LogP) is 2.71. The van der Waals surface area contributed by atoms with Gasteiger partial charge in [0, 0.05) is 0 Å². The van der Waals surface area contributed by atoms with Crippen LogP contribution in [0.3, 0.4) is 0 Å². The van der Waals surface area contributed by atoms with E-state index in [1.54, 1.807) is 6.07 Å². The van der Waals surface area contributed by atoms with Gasteiger partial charge in [-0.1, -0.05) is 0 Å². The summed E-state index contributed by atoms with van der Waals surface area (Å²) < 4.78 is 5.88. The Morgan fingerprint density at radius 1 is 1.33 bits per heavy atom. The van der Waals surface area contributed by atoms with Gasteiger partial charge in [0.15, 0.2) is 14.9 Å². The van der Waals surface area contributed by atoms with Gasteiger partial charge in [0.25, 0.3) is 5.69 Å². The average molecular weight is 378 g/mol. The summed E-state index contributed by atoms with van der Waals surface area (Å²) in [6.45, 7) is 0. The average Bonchev–Trinajstić information content (AvgIpc) is 2.68. The molecule has 0 atom stereocenters. The van der Waals surface area contributed by atoms with Gasteiger partial charge in [0.1, 0.15) is 5.75 Å². The molecular weight excluding hydrogens is 372 g/mol. The monoisotopic (exact) mass is 376 g/mol. The van der Waals surface area contributed by atoms with E-state index in [0.717, 1.165) is 0 Å². The van der Waals surface area contributed by atoms with E-state index in [2.05, 4.69) is 42.1 Å². The zero-order valence-electron chi connectivity index (χ0n) is 9.00. The van der Waals surface area contributed by atoms with Gasteiger partial charge in [0.2, 0.25) is 0 Å². The highest BCUT2D eigenvalue weighted by Gasteiger charge is 2.19. The van der Waals surface area contributed by atoms with Gasteiger partial charge < -0.3 is 4.74 Å². The Morgan fingerprint density at radius 3 is 2.44 bits per heavy atom. The maximum absolute atomic E-state index is 11.0. The minimum absolute atomic E-state index is 0.135. The number of hydrogen-bond acceptors (Lipinski definition) is 5. The van der Waals surface area contributed by atoms with Gasteiger partial charge in [-0.05, 0) is 44.0 Å². The summed E-state index contributed by atoms with van der Waals surface area (Å²) in [5.74, 6) is 0.399. The third kappa shape index (κ3) is 2.36. The molecule has 0 radical (unpaired) electrons. The molecule has 1 aromatic heterocycles. The van der Waals surface area contributed by atoms with Gasteiger partial charge >= 0.3 is 0 Å². The van der Waals surface area contributed by atoms with Crippen LogP contribution in [0.15, 0.2) is 27.4 Å². The van der Waals surface area contributed by atoms with Gasteiger partial charge in [-0.2, -0.15) is 0 Å². The fourth-order valence-corrected chi connectivity index (χ4v) is 1.78. The molecule has 2 aromatic rings. The summed E-state index contributed by atoms with van der Waals surface area (Å²) in [4.78, 5) is 11.7. The number of ether oxygens (including phenoxy) is 1. The SMILES string of the molecule is COc1ccc(-n2nc(Br)c(Br)n2)c([N+](=O)[O-])c1. The molecule has 1 aromatic carbocycles. The Balaban J connectivity index is 2.59. The predicted molar refractivity (Wildman–Crippen MR) is 70.0 cm³/mol. The number of aromatic nitrogens is 3. The molecule has 9 heteroatoms. The van der Waals surface area contributed by atoms with Crippen LogP contribution in [-0.2, 0) is 0 Å². The summed E-state index contributed by atoms with van der Waals surface area (Å²) in [5.41, 5.74) is 0.122. The number of hydrogen-bond donors (Lipinski definition) is 0. The standard InChI is InChI=1S/C9H6Br2N4O3/c1-18-5-2-3-6(7(4-5)15(16)17)14-12-8(10)9(11)13-14/h2-4H,1H3. The van der Waals surface area contributed by atoms with Crippen LogP contribution in [0.4, 0.5) is 5.69 Å². The Morgan fingerprint density at radius 2 is 1.94 bits per heavy atom. The molecule has 7 nitrogen and oxygen atoms in total. The Hall–Kier alpha value is -1.48. The Bertz CT molecular complexity index is 594. The van der Waals surface area contributed by atoms with Crippen LogP contribution < -0.4 is 4.74 Å². The summed E-state index contributed by atoms with van der Waals surface area (Å²) in [7, 11) is 1.44. The lowest BCUT2D eigenvalue weighted by molar-refractivity contribution is -0.384. The van der Waals surface area contributed by atoms with Crippen molar-refractivity contribution in [2.24, 2.45) is 0 Å². The first kappa shape index (κ1) is 13.0. The molecule has 18 heavy (non-hydrogen) atoms. The molecule has 94 valence electrons. The molecule has 0 aliphatic heterocycles. The fraction of sp³-hybridized carbons (Fsp3) is 0.111. The number of rotatable bonds is 3. The number of nitro benzene ring substituents is 1. The van der Waals surface area contributed by atoms with Crippen molar-refractivity contribution >= 4 is 37.5 Å². The summed E-state index contributed by atoms with van der Waals surface area (Å²) in [6.07, 6.45) is 0. The highest BCUT2D eigenvalue weighted by atomic mass is 79.9. The molecule has 0 amide bonds. The van der Waals surface area contributed by atoms with E-state index in [9.17, 15) is 10.1 Å². The first-order chi connectivity index (χ1) is 8.52. The van der Waals surface area contributed by atoms with E-state index < -0.39 is 4.92 Å². The van der Waals surface area contributed by atoms with Gasteiger partial charge in [-0.3, -0.25) is 10.1 Å². The van der Waals surface area contributed by atoms with Crippen molar-refractivity contribution in [3.63, 3.8) is 0 Å². The number of nitrogens with zero attached hydrogens (tertiary/aromatic N) is 4. The van der Waals surface area contributed by atoms with Crippen LogP contribution in [0.1, 0.15) is 0 Å². The smallest absolute Gasteiger partial charge is 0.300 e. The van der Waals surface area contributed by atoms with Gasteiger partial charge in [-0.15, -0.1) is 15.0 Å². The molecule has 0 spiro atoms. The van der Waals surface area contributed by atoms with E-state index in [0.29, 0.717) is 15.0 Å². The highest BCUT2D eigenvalue weighted by Crippen LogP contribution is 2.28. The molecule has 0 unspecified atom stereocenters. The van der Waals surface area contributed by atoms with Crippen LogP contribution in [-0.4, -0.2) is 27.0 Å². The quantitative estimate of drug-likeness (QED) is 0.606. The van der Waals surface area contributed by atoms with Crippen molar-refractivity contribution in [2.75, 3.05) is 7.11 Å². The van der Waals surface area contributed by atoms with E-state index in [1.165, 1.54) is 24.0 Å². The summed E-state index contributed by atoms with van der Waals surface area (Å²) >= 11 is 6.33. The van der Waals surface area contributed by atoms with Crippen molar-refractivity contribution < 1.29 is 9.66 Å². The normalized spacial score (nSPS) is 10.4. The third-order valence-corrected chi connectivity index (χ3v) is 3.73. The lowest BCUT2D eigenvalue weighted by Crippen LogP contribution is -2.03. The molecular formula is C9H6Br2N4O3.